The summed E-state index contributed by atoms with van der Waals surface area (Å²) in [5.74, 6) is 1.10. The summed E-state index contributed by atoms with van der Waals surface area (Å²) < 4.78 is 11.0. The number of carbonyl (C=O) groups excluding carboxylic acids is 1. The van der Waals surface area contributed by atoms with Gasteiger partial charge in [-0.3, -0.25) is 9.59 Å². The molecule has 1 fully saturated rings. The van der Waals surface area contributed by atoms with Gasteiger partial charge in [0, 0.05) is 17.5 Å². The van der Waals surface area contributed by atoms with Crippen molar-refractivity contribution in [1.29, 1.82) is 0 Å². The van der Waals surface area contributed by atoms with E-state index < -0.39 is 5.97 Å². The van der Waals surface area contributed by atoms with Gasteiger partial charge in [0.15, 0.2) is 5.78 Å². The second-order valence-corrected chi connectivity index (χ2v) is 6.01. The second kappa shape index (κ2) is 5.63. The van der Waals surface area contributed by atoms with Gasteiger partial charge >= 0.3 is 5.97 Å². The van der Waals surface area contributed by atoms with Crippen LogP contribution in [-0.4, -0.2) is 31.1 Å². The standard InChI is InChI=1S/C17H20O5/c1-21-13-8-11(12(18)5-6-14(19)20)17(22-2)16-10-4-3-9(7-10)15(13)16/h8-10H,3-7H2,1-2H3,(H,19,20). The third kappa shape index (κ3) is 2.25. The fourth-order valence-corrected chi connectivity index (χ4v) is 3.96. The number of carboxylic acids is 1. The molecule has 0 spiro atoms. The number of carboxylic acid groups (broad SMARTS) is 1. The summed E-state index contributed by atoms with van der Waals surface area (Å²) >= 11 is 0. The molecule has 5 heteroatoms. The molecule has 0 heterocycles. The molecule has 2 aliphatic carbocycles. The van der Waals surface area contributed by atoms with E-state index in [2.05, 4.69) is 0 Å². The van der Waals surface area contributed by atoms with Crippen LogP contribution < -0.4 is 9.47 Å². The van der Waals surface area contributed by atoms with E-state index in [0.717, 1.165) is 30.6 Å². The van der Waals surface area contributed by atoms with Crippen LogP contribution in [0.2, 0.25) is 0 Å². The summed E-state index contributed by atoms with van der Waals surface area (Å²) in [4.78, 5) is 23.1. The number of aliphatic carboxylic acids is 1. The van der Waals surface area contributed by atoms with Crippen LogP contribution in [0.3, 0.4) is 0 Å². The number of methoxy groups -OCH3 is 2. The maximum Gasteiger partial charge on any atom is 0.303 e. The Kier molecular flexibility index (Phi) is 3.81. The van der Waals surface area contributed by atoms with Gasteiger partial charge in [0.25, 0.3) is 0 Å². The van der Waals surface area contributed by atoms with Crippen LogP contribution in [0, 0.1) is 0 Å². The molecule has 3 rings (SSSR count). The first-order valence-electron chi connectivity index (χ1n) is 7.60. The molecule has 118 valence electrons. The van der Waals surface area contributed by atoms with Crippen molar-refractivity contribution in [3.8, 4) is 11.5 Å². The number of carbonyl (C=O) groups is 2. The van der Waals surface area contributed by atoms with E-state index in [1.54, 1.807) is 20.3 Å². The minimum Gasteiger partial charge on any atom is -0.496 e. The summed E-state index contributed by atoms with van der Waals surface area (Å²) in [6.07, 6.45) is 3.16. The van der Waals surface area contributed by atoms with E-state index in [1.165, 1.54) is 5.56 Å². The van der Waals surface area contributed by atoms with E-state index in [0.29, 0.717) is 23.1 Å². The van der Waals surface area contributed by atoms with Crippen LogP contribution in [0.25, 0.3) is 0 Å². The highest BCUT2D eigenvalue weighted by Crippen LogP contribution is 2.59. The van der Waals surface area contributed by atoms with Gasteiger partial charge in [-0.25, -0.2) is 0 Å². The summed E-state index contributed by atoms with van der Waals surface area (Å²) in [6, 6.07) is 1.72. The fraction of sp³-hybridized carbons (Fsp3) is 0.529. The van der Waals surface area contributed by atoms with Crippen LogP contribution in [0.1, 0.15) is 65.4 Å². The van der Waals surface area contributed by atoms with Gasteiger partial charge in [-0.15, -0.1) is 0 Å². The van der Waals surface area contributed by atoms with Gasteiger partial charge in [0.05, 0.1) is 26.2 Å². The number of rotatable bonds is 6. The number of fused-ring (bicyclic) bond motifs is 5. The molecule has 1 N–H and O–H groups in total. The summed E-state index contributed by atoms with van der Waals surface area (Å²) in [6.45, 7) is 0. The molecule has 22 heavy (non-hydrogen) atoms. The Morgan fingerprint density at radius 2 is 1.82 bits per heavy atom. The highest BCUT2D eigenvalue weighted by atomic mass is 16.5. The zero-order valence-corrected chi connectivity index (χ0v) is 12.8. The maximum absolute atomic E-state index is 12.4. The van der Waals surface area contributed by atoms with Gasteiger partial charge in [-0.2, -0.15) is 0 Å². The van der Waals surface area contributed by atoms with E-state index in [-0.39, 0.29) is 18.6 Å². The van der Waals surface area contributed by atoms with Crippen LogP contribution in [-0.2, 0) is 4.79 Å². The molecule has 0 radical (unpaired) electrons. The number of Topliss-reactive ketones (excluding diaryl/α,β-unsaturated/α-hetero) is 1. The number of benzene rings is 1. The number of hydrogen-bond donors (Lipinski definition) is 1. The lowest BCUT2D eigenvalue weighted by Crippen LogP contribution is -2.11. The first-order chi connectivity index (χ1) is 10.6. The Bertz CT molecular complexity index is 634. The minimum absolute atomic E-state index is 0.0261. The third-order valence-electron chi connectivity index (χ3n) is 4.86. The normalized spacial score (nSPS) is 21.5. The van der Waals surface area contributed by atoms with Gasteiger partial charge in [0.1, 0.15) is 11.5 Å². The van der Waals surface area contributed by atoms with Crippen molar-refractivity contribution >= 4 is 11.8 Å². The Labute approximate surface area is 129 Å². The molecule has 2 atom stereocenters. The van der Waals surface area contributed by atoms with E-state index >= 15 is 0 Å². The van der Waals surface area contributed by atoms with Crippen molar-refractivity contribution < 1.29 is 24.2 Å². The molecule has 2 aliphatic rings. The smallest absolute Gasteiger partial charge is 0.303 e. The molecule has 0 aromatic heterocycles. The van der Waals surface area contributed by atoms with E-state index in [1.807, 2.05) is 0 Å². The van der Waals surface area contributed by atoms with Crippen LogP contribution in [0.5, 0.6) is 11.5 Å². The molecule has 5 nitrogen and oxygen atoms in total. The lowest BCUT2D eigenvalue weighted by Gasteiger charge is -2.23. The van der Waals surface area contributed by atoms with Crippen molar-refractivity contribution in [2.75, 3.05) is 14.2 Å². The zero-order chi connectivity index (χ0) is 15.9. The molecule has 0 amide bonds. The first kappa shape index (κ1) is 14.9. The van der Waals surface area contributed by atoms with E-state index in [9.17, 15) is 9.59 Å². The Morgan fingerprint density at radius 3 is 2.41 bits per heavy atom. The predicted molar refractivity (Wildman–Crippen MR) is 80.1 cm³/mol. The molecular weight excluding hydrogens is 284 g/mol. The Hall–Kier alpha value is -2.04. The summed E-state index contributed by atoms with van der Waals surface area (Å²) in [5.41, 5.74) is 2.74. The van der Waals surface area contributed by atoms with Crippen LogP contribution >= 0.6 is 0 Å². The quantitative estimate of drug-likeness (QED) is 0.817. The monoisotopic (exact) mass is 304 g/mol. The van der Waals surface area contributed by atoms with Gasteiger partial charge < -0.3 is 14.6 Å². The molecule has 2 unspecified atom stereocenters. The van der Waals surface area contributed by atoms with Gasteiger partial charge in [-0.1, -0.05) is 0 Å². The molecule has 2 bridgehead atoms. The van der Waals surface area contributed by atoms with Crippen molar-refractivity contribution in [2.24, 2.45) is 0 Å². The Morgan fingerprint density at radius 1 is 1.14 bits per heavy atom. The number of ether oxygens (including phenoxy) is 2. The van der Waals surface area contributed by atoms with Crippen LogP contribution in [0.4, 0.5) is 0 Å². The average Bonchev–Trinajstić information content (AvgIpc) is 3.12. The van der Waals surface area contributed by atoms with Crippen molar-refractivity contribution in [3.63, 3.8) is 0 Å². The average molecular weight is 304 g/mol. The lowest BCUT2D eigenvalue weighted by molar-refractivity contribution is -0.136. The fourth-order valence-electron chi connectivity index (χ4n) is 3.96. The predicted octanol–water partition coefficient (Wildman–Crippen LogP) is 3.12. The SMILES string of the molecule is COc1cc(C(=O)CCC(=O)O)c(OC)c2c1C1CCC2C1. The van der Waals surface area contributed by atoms with Crippen molar-refractivity contribution in [3.05, 3.63) is 22.8 Å². The minimum atomic E-state index is -0.973. The second-order valence-electron chi connectivity index (χ2n) is 6.01. The zero-order valence-electron chi connectivity index (χ0n) is 12.8. The topological polar surface area (TPSA) is 72.8 Å². The molecule has 1 aromatic rings. The lowest BCUT2D eigenvalue weighted by atomic mass is 9.87. The number of ketones is 1. The van der Waals surface area contributed by atoms with Crippen LogP contribution in [0.15, 0.2) is 6.07 Å². The van der Waals surface area contributed by atoms with E-state index in [4.69, 9.17) is 14.6 Å². The summed E-state index contributed by atoms with van der Waals surface area (Å²) in [5, 5.41) is 8.77. The largest absolute Gasteiger partial charge is 0.496 e. The summed E-state index contributed by atoms with van der Waals surface area (Å²) in [7, 11) is 3.18. The molecular formula is C17H20O5. The number of hydrogen-bond acceptors (Lipinski definition) is 4. The highest BCUT2D eigenvalue weighted by molar-refractivity contribution is 6.01. The van der Waals surface area contributed by atoms with Crippen molar-refractivity contribution in [1.82, 2.24) is 0 Å². The molecule has 0 saturated heterocycles. The third-order valence-corrected chi connectivity index (χ3v) is 4.86. The maximum atomic E-state index is 12.4. The molecule has 1 saturated carbocycles. The molecule has 0 aliphatic heterocycles. The Balaban J connectivity index is 2.06. The van der Waals surface area contributed by atoms with Gasteiger partial charge in [-0.05, 0) is 37.2 Å². The van der Waals surface area contributed by atoms with Gasteiger partial charge in [0.2, 0.25) is 0 Å². The highest BCUT2D eigenvalue weighted by Gasteiger charge is 2.42. The first-order valence-corrected chi connectivity index (χ1v) is 7.60. The molecule has 1 aromatic carbocycles. The van der Waals surface area contributed by atoms with Crippen molar-refractivity contribution in [2.45, 2.75) is 43.9 Å².